The lowest BCUT2D eigenvalue weighted by atomic mass is 10.1. The summed E-state index contributed by atoms with van der Waals surface area (Å²) in [6, 6.07) is 12.1. The van der Waals surface area contributed by atoms with E-state index in [-0.39, 0.29) is 12.2 Å². The third-order valence-corrected chi connectivity index (χ3v) is 6.62. The van der Waals surface area contributed by atoms with Gasteiger partial charge in [0.2, 0.25) is 0 Å². The molecule has 1 aromatic carbocycles. The molecule has 2 aliphatic rings. The van der Waals surface area contributed by atoms with Crippen molar-refractivity contribution in [2.45, 2.75) is 31.6 Å². The molecule has 4 heterocycles. The second kappa shape index (κ2) is 8.75. The summed E-state index contributed by atoms with van der Waals surface area (Å²) in [5, 5.41) is 4.33. The first kappa shape index (κ1) is 19.5. The Kier molecular flexibility index (Phi) is 5.70. The van der Waals surface area contributed by atoms with E-state index in [0.717, 1.165) is 65.2 Å². The molecule has 7 nitrogen and oxygen atoms in total. The molecule has 1 N–H and O–H groups in total. The molecule has 0 saturated carbocycles. The number of hydrogen-bond acceptors (Lipinski definition) is 6. The van der Waals surface area contributed by atoms with Crippen molar-refractivity contribution in [1.29, 1.82) is 0 Å². The van der Waals surface area contributed by atoms with Crippen LogP contribution in [0.4, 0.5) is 0 Å². The highest BCUT2D eigenvalue weighted by Gasteiger charge is 2.32. The first-order chi connectivity index (χ1) is 14.8. The lowest BCUT2D eigenvalue weighted by Gasteiger charge is -2.37. The maximum atomic E-state index is 6.05. The number of thiazole rings is 1. The summed E-state index contributed by atoms with van der Waals surface area (Å²) in [6.07, 6.45) is 2.50. The van der Waals surface area contributed by atoms with Gasteiger partial charge in [0.1, 0.15) is 11.9 Å². The van der Waals surface area contributed by atoms with E-state index < -0.39 is 0 Å². The monoisotopic (exact) mass is 426 g/mol. The lowest BCUT2D eigenvalue weighted by molar-refractivity contribution is -0.0817. The summed E-state index contributed by atoms with van der Waals surface area (Å²) in [6.45, 7) is 3.71. The van der Waals surface area contributed by atoms with Crippen LogP contribution >= 0.6 is 11.3 Å². The Bertz CT molecular complexity index is 991. The molecule has 0 amide bonds. The van der Waals surface area contributed by atoms with Gasteiger partial charge in [-0.25, -0.2) is 4.98 Å². The molecule has 158 valence electrons. The van der Waals surface area contributed by atoms with Crippen LogP contribution in [0, 0.1) is 0 Å². The molecular weight excluding hydrogens is 400 g/mol. The first-order valence-electron chi connectivity index (χ1n) is 10.4. The highest BCUT2D eigenvalue weighted by Crippen LogP contribution is 2.31. The van der Waals surface area contributed by atoms with Crippen molar-refractivity contribution in [2.75, 3.05) is 33.4 Å². The van der Waals surface area contributed by atoms with Crippen LogP contribution in [0.2, 0.25) is 0 Å². The lowest BCUT2D eigenvalue weighted by Crippen LogP contribution is -2.53. The number of aromatic nitrogens is 1. The van der Waals surface area contributed by atoms with Gasteiger partial charge in [0.15, 0.2) is 16.7 Å². The predicted molar refractivity (Wildman–Crippen MR) is 118 cm³/mol. The number of morpholine rings is 1. The largest absolute Gasteiger partial charge is 0.457 e. The molecule has 8 heteroatoms. The number of nitrogens with zero attached hydrogens (tertiary/aromatic N) is 3. The van der Waals surface area contributed by atoms with Gasteiger partial charge in [-0.3, -0.25) is 4.99 Å². The number of benzene rings is 1. The summed E-state index contributed by atoms with van der Waals surface area (Å²) in [5.41, 5.74) is 1.00. The van der Waals surface area contributed by atoms with Gasteiger partial charge in [-0.15, -0.1) is 11.3 Å². The number of para-hydroxylation sites is 1. The van der Waals surface area contributed by atoms with Gasteiger partial charge in [0.05, 0.1) is 29.5 Å². The average molecular weight is 427 g/mol. The third kappa shape index (κ3) is 4.08. The van der Waals surface area contributed by atoms with Crippen LogP contribution in [0.5, 0.6) is 0 Å². The van der Waals surface area contributed by atoms with Crippen LogP contribution in [0.15, 0.2) is 45.8 Å². The van der Waals surface area contributed by atoms with Crippen molar-refractivity contribution in [1.82, 2.24) is 15.2 Å². The van der Waals surface area contributed by atoms with Crippen molar-refractivity contribution < 1.29 is 13.9 Å². The second-order valence-electron chi connectivity index (χ2n) is 7.56. The van der Waals surface area contributed by atoms with E-state index >= 15 is 0 Å². The number of nitrogens with one attached hydrogen (secondary N) is 1. The normalized spacial score (nSPS) is 22.7. The minimum absolute atomic E-state index is 0.106. The van der Waals surface area contributed by atoms with Crippen LogP contribution in [0.25, 0.3) is 21.0 Å². The number of guanidine groups is 1. The van der Waals surface area contributed by atoms with Crippen molar-refractivity contribution in [2.24, 2.45) is 4.99 Å². The predicted octanol–water partition coefficient (Wildman–Crippen LogP) is 3.51. The van der Waals surface area contributed by atoms with Crippen molar-refractivity contribution in [3.63, 3.8) is 0 Å². The Labute approximate surface area is 179 Å². The third-order valence-electron chi connectivity index (χ3n) is 5.57. The highest BCUT2D eigenvalue weighted by atomic mass is 32.1. The SMILES string of the molecule is CN=C(NCc1ccc(-c2nc3ccccc3s2)o1)N1CCOC(C2CCCO2)C1. The molecule has 0 radical (unpaired) electrons. The Morgan fingerprint density at radius 1 is 1.20 bits per heavy atom. The average Bonchev–Trinajstić information content (AvgIpc) is 3.54. The zero-order valence-electron chi connectivity index (χ0n) is 17.0. The van der Waals surface area contributed by atoms with Gasteiger partial charge < -0.3 is 24.1 Å². The summed E-state index contributed by atoms with van der Waals surface area (Å²) in [7, 11) is 1.81. The van der Waals surface area contributed by atoms with Crippen LogP contribution < -0.4 is 5.32 Å². The molecule has 2 atom stereocenters. The number of aliphatic imine (C=N–C) groups is 1. The van der Waals surface area contributed by atoms with Crippen LogP contribution in [0.3, 0.4) is 0 Å². The van der Waals surface area contributed by atoms with Crippen LogP contribution in [0.1, 0.15) is 18.6 Å². The molecule has 2 aromatic heterocycles. The molecule has 30 heavy (non-hydrogen) atoms. The second-order valence-corrected chi connectivity index (χ2v) is 8.59. The topological polar surface area (TPSA) is 72.1 Å². The zero-order valence-corrected chi connectivity index (χ0v) is 17.9. The smallest absolute Gasteiger partial charge is 0.194 e. The number of hydrogen-bond donors (Lipinski definition) is 1. The summed E-state index contributed by atoms with van der Waals surface area (Å²) < 4.78 is 19.0. The maximum Gasteiger partial charge on any atom is 0.194 e. The van der Waals surface area contributed by atoms with Gasteiger partial charge in [-0.05, 0) is 37.1 Å². The molecule has 2 fully saturated rings. The summed E-state index contributed by atoms with van der Waals surface area (Å²) in [5.74, 6) is 2.52. The van der Waals surface area contributed by atoms with E-state index in [1.54, 1.807) is 11.3 Å². The highest BCUT2D eigenvalue weighted by molar-refractivity contribution is 7.21. The molecular formula is C22H26N4O3S. The number of rotatable bonds is 4. The maximum absolute atomic E-state index is 6.05. The Hall–Kier alpha value is -2.42. The Balaban J connectivity index is 1.22. The van der Waals surface area contributed by atoms with Crippen molar-refractivity contribution >= 4 is 27.5 Å². The van der Waals surface area contributed by atoms with E-state index in [4.69, 9.17) is 13.9 Å². The first-order valence-corrected chi connectivity index (χ1v) is 11.3. The number of furan rings is 1. The molecule has 5 rings (SSSR count). The van der Waals surface area contributed by atoms with Crippen molar-refractivity contribution in [3.8, 4) is 10.8 Å². The van der Waals surface area contributed by atoms with Gasteiger partial charge in [0, 0.05) is 26.7 Å². The van der Waals surface area contributed by atoms with Gasteiger partial charge >= 0.3 is 0 Å². The molecule has 0 spiro atoms. The molecule has 2 unspecified atom stereocenters. The standard InChI is InChI=1S/C22H26N4O3S/c1-23-22(26-10-12-28-19(14-26)17-6-4-11-27-17)24-13-15-8-9-18(29-15)21-25-16-5-2-3-7-20(16)30-21/h2-3,5,7-9,17,19H,4,6,10-14H2,1H3,(H,23,24). The number of fused-ring (bicyclic) bond motifs is 1. The quantitative estimate of drug-likeness (QED) is 0.508. The van der Waals surface area contributed by atoms with Gasteiger partial charge in [0.25, 0.3) is 0 Å². The molecule has 3 aromatic rings. The van der Waals surface area contributed by atoms with Crippen LogP contribution in [-0.4, -0.2) is 61.4 Å². The van der Waals surface area contributed by atoms with E-state index in [9.17, 15) is 0 Å². The molecule has 2 aliphatic heterocycles. The van der Waals surface area contributed by atoms with E-state index in [1.165, 1.54) is 0 Å². The minimum Gasteiger partial charge on any atom is -0.457 e. The van der Waals surface area contributed by atoms with Crippen LogP contribution in [-0.2, 0) is 16.0 Å². The fourth-order valence-electron chi connectivity index (χ4n) is 4.05. The van der Waals surface area contributed by atoms with Crippen molar-refractivity contribution in [3.05, 3.63) is 42.2 Å². The fraction of sp³-hybridized carbons (Fsp3) is 0.455. The Morgan fingerprint density at radius 3 is 2.93 bits per heavy atom. The van der Waals surface area contributed by atoms with Gasteiger partial charge in [-0.1, -0.05) is 12.1 Å². The molecule has 0 aliphatic carbocycles. The summed E-state index contributed by atoms with van der Waals surface area (Å²) >= 11 is 1.64. The molecule has 2 saturated heterocycles. The van der Waals surface area contributed by atoms with E-state index in [2.05, 4.69) is 26.3 Å². The molecule has 0 bridgehead atoms. The van der Waals surface area contributed by atoms with E-state index in [0.29, 0.717) is 13.2 Å². The fourth-order valence-corrected chi connectivity index (χ4v) is 4.98. The number of ether oxygens (including phenoxy) is 2. The van der Waals surface area contributed by atoms with Gasteiger partial charge in [-0.2, -0.15) is 0 Å². The Morgan fingerprint density at radius 2 is 2.10 bits per heavy atom. The zero-order chi connectivity index (χ0) is 20.3. The summed E-state index contributed by atoms with van der Waals surface area (Å²) in [4.78, 5) is 11.4. The minimum atomic E-state index is 0.106. The van der Waals surface area contributed by atoms with E-state index in [1.807, 2.05) is 37.4 Å².